The Balaban J connectivity index is 1.48. The van der Waals surface area contributed by atoms with Crippen LogP contribution in [0.15, 0.2) is 82.4 Å². The lowest BCUT2D eigenvalue weighted by Crippen LogP contribution is -2.28. The predicted octanol–water partition coefficient (Wildman–Crippen LogP) is 4.74. The van der Waals surface area contributed by atoms with Gasteiger partial charge in [0.25, 0.3) is 5.91 Å². The maximum absolute atomic E-state index is 14.2. The molecule has 0 aliphatic rings. The lowest BCUT2D eigenvalue weighted by Gasteiger charge is -2.18. The Hall–Kier alpha value is -5.49. The zero-order valence-electron chi connectivity index (χ0n) is 23.0. The molecule has 6 aromatic rings. The van der Waals surface area contributed by atoms with Crippen LogP contribution in [-0.2, 0) is 7.05 Å². The molecule has 9 nitrogen and oxygen atoms in total. The third kappa shape index (κ3) is 4.55. The Morgan fingerprint density at radius 3 is 2.56 bits per heavy atom. The van der Waals surface area contributed by atoms with E-state index >= 15 is 0 Å². The molecule has 0 aliphatic carbocycles. The van der Waals surface area contributed by atoms with E-state index in [9.17, 15) is 9.59 Å². The molecule has 9 heteroatoms. The van der Waals surface area contributed by atoms with Gasteiger partial charge in [0.05, 0.1) is 40.1 Å². The molecule has 0 aliphatic heterocycles. The Bertz CT molecular complexity index is 2080. The van der Waals surface area contributed by atoms with Gasteiger partial charge >= 0.3 is 0 Å². The van der Waals surface area contributed by atoms with Crippen LogP contribution in [0.2, 0.25) is 0 Å². The van der Waals surface area contributed by atoms with Crippen molar-refractivity contribution in [2.75, 3.05) is 0 Å². The summed E-state index contributed by atoms with van der Waals surface area (Å²) in [4.78, 5) is 32.0. The summed E-state index contributed by atoms with van der Waals surface area (Å²) < 4.78 is 9.73. The lowest BCUT2D eigenvalue weighted by atomic mass is 9.97. The van der Waals surface area contributed by atoms with Crippen molar-refractivity contribution in [2.24, 2.45) is 7.05 Å². The van der Waals surface area contributed by atoms with Crippen molar-refractivity contribution in [1.29, 1.82) is 0 Å². The molecule has 2 aromatic carbocycles. The van der Waals surface area contributed by atoms with E-state index in [1.807, 2.05) is 44.3 Å². The summed E-state index contributed by atoms with van der Waals surface area (Å²) in [5.41, 5.74) is 4.82. The number of amides is 1. The van der Waals surface area contributed by atoms with Gasteiger partial charge in [0.1, 0.15) is 16.9 Å². The van der Waals surface area contributed by atoms with Crippen molar-refractivity contribution < 1.29 is 9.21 Å². The molecular weight excluding hydrogens is 516 g/mol. The first-order valence-electron chi connectivity index (χ1n) is 13.1. The summed E-state index contributed by atoms with van der Waals surface area (Å²) in [6.45, 7) is 5.49. The molecular formula is C32H26N6O3. The van der Waals surface area contributed by atoms with Gasteiger partial charge in [-0.2, -0.15) is 10.2 Å². The molecule has 41 heavy (non-hydrogen) atoms. The topological polar surface area (TPSA) is 107 Å². The smallest absolute Gasteiger partial charge is 0.257 e. The van der Waals surface area contributed by atoms with Crippen molar-refractivity contribution in [3.8, 4) is 23.0 Å². The van der Waals surface area contributed by atoms with Gasteiger partial charge in [0, 0.05) is 25.0 Å². The van der Waals surface area contributed by atoms with Gasteiger partial charge in [-0.25, -0.2) is 9.50 Å². The maximum atomic E-state index is 14.2. The van der Waals surface area contributed by atoms with Crippen LogP contribution in [-0.4, -0.2) is 30.3 Å². The fourth-order valence-corrected chi connectivity index (χ4v) is 4.90. The van der Waals surface area contributed by atoms with Crippen molar-refractivity contribution >= 4 is 22.5 Å². The van der Waals surface area contributed by atoms with E-state index in [4.69, 9.17) is 4.42 Å². The molecule has 4 heterocycles. The second-order valence-electron chi connectivity index (χ2n) is 9.78. The fourth-order valence-electron chi connectivity index (χ4n) is 4.90. The number of aryl methyl sites for hydroxylation is 2. The minimum absolute atomic E-state index is 0.227. The van der Waals surface area contributed by atoms with Crippen LogP contribution in [0.25, 0.3) is 27.7 Å². The maximum Gasteiger partial charge on any atom is 0.257 e. The first kappa shape index (κ1) is 25.8. The average molecular weight is 543 g/mol. The number of carbonyl (C=O) groups is 1. The van der Waals surface area contributed by atoms with Crippen LogP contribution in [0.4, 0.5) is 0 Å². The Labute approximate surface area is 235 Å². The summed E-state index contributed by atoms with van der Waals surface area (Å²) in [5.74, 6) is 6.27. The van der Waals surface area contributed by atoms with E-state index in [0.29, 0.717) is 50.3 Å². The molecule has 6 rings (SSSR count). The zero-order chi connectivity index (χ0) is 28.7. The molecule has 1 N–H and O–H groups in total. The summed E-state index contributed by atoms with van der Waals surface area (Å²) in [6.07, 6.45) is 5.05. The number of carbonyl (C=O) groups excluding carboxylic acids is 1. The lowest BCUT2D eigenvalue weighted by molar-refractivity contribution is 0.0936. The number of benzene rings is 2. The summed E-state index contributed by atoms with van der Waals surface area (Å²) in [7, 11) is 1.86. The number of nitrogens with one attached hydrogen (secondary N) is 1. The Kier molecular flexibility index (Phi) is 6.44. The van der Waals surface area contributed by atoms with Crippen LogP contribution in [0.1, 0.15) is 51.6 Å². The third-order valence-electron chi connectivity index (χ3n) is 7.11. The van der Waals surface area contributed by atoms with Gasteiger partial charge in [-0.05, 0) is 44.5 Å². The minimum atomic E-state index is -0.652. The van der Waals surface area contributed by atoms with Gasteiger partial charge < -0.3 is 9.73 Å². The van der Waals surface area contributed by atoms with Gasteiger partial charge in [0.2, 0.25) is 5.43 Å². The van der Waals surface area contributed by atoms with E-state index in [2.05, 4.69) is 32.3 Å². The van der Waals surface area contributed by atoms with Crippen molar-refractivity contribution in [3.63, 3.8) is 0 Å². The number of hydrogen-bond donors (Lipinski definition) is 1. The number of rotatable bonds is 4. The third-order valence-corrected chi connectivity index (χ3v) is 7.11. The highest BCUT2D eigenvalue weighted by Crippen LogP contribution is 2.30. The quantitative estimate of drug-likeness (QED) is 0.323. The molecule has 0 fully saturated rings. The van der Waals surface area contributed by atoms with Crippen molar-refractivity contribution in [1.82, 2.24) is 29.7 Å². The van der Waals surface area contributed by atoms with E-state index in [-0.39, 0.29) is 11.3 Å². The van der Waals surface area contributed by atoms with Gasteiger partial charge in [-0.3, -0.25) is 14.3 Å². The second-order valence-corrected chi connectivity index (χ2v) is 9.78. The summed E-state index contributed by atoms with van der Waals surface area (Å²) in [6, 6.07) is 15.7. The molecule has 1 amide bonds. The molecule has 0 bridgehead atoms. The molecule has 0 radical (unpaired) electrons. The van der Waals surface area contributed by atoms with Crippen molar-refractivity contribution in [2.45, 2.75) is 26.8 Å². The van der Waals surface area contributed by atoms with Crippen molar-refractivity contribution in [3.05, 3.63) is 117 Å². The first-order valence-corrected chi connectivity index (χ1v) is 13.1. The van der Waals surface area contributed by atoms with Gasteiger partial charge in [-0.1, -0.05) is 48.2 Å². The zero-order valence-corrected chi connectivity index (χ0v) is 23.0. The van der Waals surface area contributed by atoms with Crippen LogP contribution in [0.5, 0.6) is 0 Å². The van der Waals surface area contributed by atoms with Crippen LogP contribution in [0, 0.1) is 25.7 Å². The standard InChI is InChI=1S/C32H26N6O3/c1-19-26(31-33-16-9-17-38(31)36-19)32(40)35-20(2)30-28(22-10-6-5-7-11-22)29(39)27-23(12-8-13-25(27)41-30)14-15-24-18-34-37(4)21(24)3/h5-13,16-18,20H,1-4H3,(H,35,40)/t20-/m0/s1. The molecule has 0 saturated carbocycles. The van der Waals surface area contributed by atoms with Crippen LogP contribution < -0.4 is 10.7 Å². The molecule has 202 valence electrons. The van der Waals surface area contributed by atoms with Gasteiger partial charge in [-0.15, -0.1) is 0 Å². The Morgan fingerprint density at radius 2 is 1.80 bits per heavy atom. The number of fused-ring (bicyclic) bond motifs is 2. The van der Waals surface area contributed by atoms with Crippen LogP contribution in [0.3, 0.4) is 0 Å². The second kappa shape index (κ2) is 10.2. The SMILES string of the molecule is Cc1nn2cccnc2c1C(=O)N[C@@H](C)c1oc2cccc(C#Cc3cnn(C)c3C)c2c(=O)c1-c1ccccc1. The summed E-state index contributed by atoms with van der Waals surface area (Å²) >= 11 is 0. The first-order chi connectivity index (χ1) is 19.8. The monoisotopic (exact) mass is 542 g/mol. The van der Waals surface area contributed by atoms with E-state index < -0.39 is 6.04 Å². The van der Waals surface area contributed by atoms with E-state index in [1.165, 1.54) is 0 Å². The fraction of sp³-hybridized carbons (Fsp3) is 0.156. The van der Waals surface area contributed by atoms with E-state index in [0.717, 1.165) is 11.3 Å². The van der Waals surface area contributed by atoms with Crippen LogP contribution >= 0.6 is 0 Å². The number of hydrogen-bond acceptors (Lipinski definition) is 6. The largest absolute Gasteiger partial charge is 0.458 e. The summed E-state index contributed by atoms with van der Waals surface area (Å²) in [5, 5.41) is 12.0. The molecule has 0 spiro atoms. The van der Waals surface area contributed by atoms with E-state index in [1.54, 1.807) is 65.9 Å². The highest BCUT2D eigenvalue weighted by Gasteiger charge is 2.26. The molecule has 0 saturated heterocycles. The molecule has 0 unspecified atom stereocenters. The number of nitrogens with zero attached hydrogens (tertiary/aromatic N) is 5. The highest BCUT2D eigenvalue weighted by atomic mass is 16.3. The molecule has 4 aromatic heterocycles. The number of aromatic nitrogens is 5. The highest BCUT2D eigenvalue weighted by molar-refractivity contribution is 6.01. The van der Waals surface area contributed by atoms with Gasteiger partial charge in [0.15, 0.2) is 5.65 Å². The predicted molar refractivity (Wildman–Crippen MR) is 155 cm³/mol. The molecule has 1 atom stereocenters. The normalized spacial score (nSPS) is 11.8. The minimum Gasteiger partial charge on any atom is -0.458 e. The Morgan fingerprint density at radius 1 is 1.02 bits per heavy atom. The average Bonchev–Trinajstić information content (AvgIpc) is 3.49.